The lowest BCUT2D eigenvalue weighted by Crippen LogP contribution is -2.50. The van der Waals surface area contributed by atoms with Gasteiger partial charge in [-0.3, -0.25) is 9.40 Å². The fourth-order valence-electron chi connectivity index (χ4n) is 5.67. The molecule has 0 saturated carbocycles. The van der Waals surface area contributed by atoms with Crippen LogP contribution in [0.3, 0.4) is 0 Å². The van der Waals surface area contributed by atoms with E-state index in [4.69, 9.17) is 15.6 Å². The first-order chi connectivity index (χ1) is 20.6. The van der Waals surface area contributed by atoms with E-state index in [2.05, 4.69) is 21.1 Å². The van der Waals surface area contributed by atoms with Crippen molar-refractivity contribution in [2.75, 3.05) is 23.7 Å². The minimum atomic E-state index is -4.08. The highest BCUT2D eigenvalue weighted by Gasteiger charge is 2.27. The van der Waals surface area contributed by atoms with Crippen molar-refractivity contribution >= 4 is 38.0 Å². The predicted molar refractivity (Wildman–Crippen MR) is 164 cm³/mol. The quantitative estimate of drug-likeness (QED) is 0.232. The Kier molecular flexibility index (Phi) is 7.92. The van der Waals surface area contributed by atoms with E-state index in [1.165, 1.54) is 35.9 Å². The van der Waals surface area contributed by atoms with Gasteiger partial charge in [0.2, 0.25) is 10.0 Å². The fraction of sp³-hybridized carbons (Fsp3) is 0.355. The van der Waals surface area contributed by atoms with Crippen molar-refractivity contribution in [1.82, 2.24) is 20.1 Å². The molecule has 12 heteroatoms. The molecule has 9 nitrogen and oxygen atoms in total. The summed E-state index contributed by atoms with van der Waals surface area (Å²) < 4.78 is 64.2. The zero-order valence-electron chi connectivity index (χ0n) is 24.0. The number of rotatable bonds is 9. The Morgan fingerprint density at radius 1 is 1.12 bits per heavy atom. The van der Waals surface area contributed by atoms with Crippen LogP contribution in [0.15, 0.2) is 54.7 Å². The molecule has 0 bridgehead atoms. The van der Waals surface area contributed by atoms with E-state index in [-0.39, 0.29) is 23.1 Å². The summed E-state index contributed by atoms with van der Waals surface area (Å²) in [5, 5.41) is 9.12. The minimum Gasteiger partial charge on any atom is -0.383 e. The Bertz CT molecular complexity index is 1820. The van der Waals surface area contributed by atoms with Crippen molar-refractivity contribution in [3.8, 4) is 11.3 Å². The summed E-state index contributed by atoms with van der Waals surface area (Å²) in [5.74, 6) is -1.80. The first kappa shape index (κ1) is 29.2. The van der Waals surface area contributed by atoms with E-state index in [9.17, 15) is 12.8 Å². The van der Waals surface area contributed by atoms with Gasteiger partial charge in [0.05, 0.1) is 41.6 Å². The number of hydrogen-bond donors (Lipinski definition) is 3. The van der Waals surface area contributed by atoms with E-state index in [1.807, 2.05) is 18.5 Å². The Morgan fingerprint density at radius 2 is 1.91 bits per heavy atom. The van der Waals surface area contributed by atoms with Crippen molar-refractivity contribution in [3.63, 3.8) is 0 Å². The van der Waals surface area contributed by atoms with Crippen molar-refractivity contribution < 1.29 is 21.9 Å². The van der Waals surface area contributed by atoms with Gasteiger partial charge in [-0.25, -0.2) is 22.2 Å². The van der Waals surface area contributed by atoms with Crippen molar-refractivity contribution in [3.05, 3.63) is 77.5 Å². The monoisotopic (exact) mass is 608 g/mol. The lowest BCUT2D eigenvalue weighted by molar-refractivity contribution is -0.0103. The van der Waals surface area contributed by atoms with Crippen molar-refractivity contribution in [2.24, 2.45) is 0 Å². The number of ether oxygens (including phenoxy) is 1. The maximum atomic E-state index is 15.4. The molecular formula is C31H34F2N6O3S. The van der Waals surface area contributed by atoms with Crippen LogP contribution in [0.25, 0.3) is 27.7 Å². The molecule has 1 aliphatic carbocycles. The second kappa shape index (κ2) is 11.7. The van der Waals surface area contributed by atoms with E-state index < -0.39 is 27.4 Å². The van der Waals surface area contributed by atoms with Crippen LogP contribution in [0.5, 0.6) is 0 Å². The Morgan fingerprint density at radius 3 is 2.56 bits per heavy atom. The highest BCUT2D eigenvalue weighted by atomic mass is 32.2. The summed E-state index contributed by atoms with van der Waals surface area (Å²) in [5.41, 5.74) is 9.99. The van der Waals surface area contributed by atoms with Crippen LogP contribution in [-0.2, 0) is 20.5 Å². The Balaban J connectivity index is 1.32. The summed E-state index contributed by atoms with van der Waals surface area (Å²) in [6.45, 7) is 5.54. The van der Waals surface area contributed by atoms with Gasteiger partial charge in [-0.15, -0.1) is 0 Å². The number of aromatic nitrogens is 3. The third kappa shape index (κ3) is 5.99. The Labute approximate surface area is 249 Å². The zero-order valence-corrected chi connectivity index (χ0v) is 24.8. The standard InChI is InChI=1S/C31H34F2N6O3S/c1-18(2)39-30-24(19-7-10-22(11-8-19)36-23-15-42-16-23)14-35-31(34)28(30)29(37-39)20-9-12-27(26(33)13-20)38-43(40,41)17-21-5-3-4-6-25(21)32/h3-7,9,12-14,18,22-23,36,38H,8,10-11,15-17H2,1-2H3,(H2,34,35)/t22-/m1/s1. The molecule has 2 aliphatic rings. The largest absolute Gasteiger partial charge is 0.383 e. The van der Waals surface area contributed by atoms with Crippen LogP contribution in [-0.4, -0.2) is 48.5 Å². The lowest BCUT2D eigenvalue weighted by atomic mass is 9.89. The molecular weight excluding hydrogens is 574 g/mol. The molecule has 2 aromatic carbocycles. The highest BCUT2D eigenvalue weighted by Crippen LogP contribution is 2.39. The molecule has 0 radical (unpaired) electrons. The number of halogens is 2. The van der Waals surface area contributed by atoms with Gasteiger partial charge in [-0.1, -0.05) is 30.3 Å². The summed E-state index contributed by atoms with van der Waals surface area (Å²) in [6, 6.07) is 10.5. The summed E-state index contributed by atoms with van der Waals surface area (Å²) in [6.07, 6.45) is 6.76. The average molecular weight is 609 g/mol. The molecule has 0 spiro atoms. The van der Waals surface area contributed by atoms with Gasteiger partial charge in [0.25, 0.3) is 0 Å². The van der Waals surface area contributed by atoms with Crippen molar-refractivity contribution in [2.45, 2.75) is 57.0 Å². The number of hydrogen-bond acceptors (Lipinski definition) is 7. The number of pyridine rings is 1. The first-order valence-corrected chi connectivity index (χ1v) is 16.0. The van der Waals surface area contributed by atoms with Gasteiger partial charge >= 0.3 is 0 Å². The lowest BCUT2D eigenvalue weighted by Gasteiger charge is -2.33. The SMILES string of the molecule is CC(C)n1nc(-c2ccc(NS(=O)(=O)Cc3ccccc3F)c(F)c2)c2c(N)ncc(C3=CC[C@@H](NC4COC4)CC3)c21. The van der Waals surface area contributed by atoms with E-state index >= 15 is 4.39 Å². The number of allylic oxidation sites excluding steroid dienone is 1. The number of anilines is 2. The van der Waals surface area contributed by atoms with Crippen LogP contribution >= 0.6 is 0 Å². The molecule has 4 aromatic rings. The third-order valence-corrected chi connectivity index (χ3v) is 9.14. The maximum Gasteiger partial charge on any atom is 0.237 e. The first-order valence-electron chi connectivity index (χ1n) is 14.3. The number of nitrogens with two attached hydrogens (primary N) is 1. The molecule has 1 fully saturated rings. The van der Waals surface area contributed by atoms with E-state index in [0.29, 0.717) is 28.7 Å². The van der Waals surface area contributed by atoms with Crippen LogP contribution in [0.2, 0.25) is 0 Å². The van der Waals surface area contributed by atoms with Gasteiger partial charge in [-0.2, -0.15) is 5.10 Å². The topological polar surface area (TPSA) is 124 Å². The molecule has 2 aromatic heterocycles. The molecule has 226 valence electrons. The van der Waals surface area contributed by atoms with E-state index in [1.54, 1.807) is 18.3 Å². The van der Waals surface area contributed by atoms with Crippen LogP contribution in [0, 0.1) is 11.6 Å². The number of nitrogens with zero attached hydrogens (tertiary/aromatic N) is 3. The predicted octanol–water partition coefficient (Wildman–Crippen LogP) is 5.41. The molecule has 1 saturated heterocycles. The van der Waals surface area contributed by atoms with Gasteiger partial charge in [0.1, 0.15) is 23.1 Å². The van der Waals surface area contributed by atoms with Gasteiger partial charge in [0.15, 0.2) is 0 Å². The van der Waals surface area contributed by atoms with E-state index in [0.717, 1.165) is 43.6 Å². The molecule has 3 heterocycles. The van der Waals surface area contributed by atoms with Gasteiger partial charge in [0, 0.05) is 35.0 Å². The maximum absolute atomic E-state index is 15.4. The smallest absolute Gasteiger partial charge is 0.237 e. The molecule has 1 aliphatic heterocycles. The molecule has 0 amide bonds. The highest BCUT2D eigenvalue weighted by molar-refractivity contribution is 7.91. The number of nitrogens with one attached hydrogen (secondary N) is 2. The number of sulfonamides is 1. The summed E-state index contributed by atoms with van der Waals surface area (Å²) >= 11 is 0. The van der Waals surface area contributed by atoms with Gasteiger partial charge < -0.3 is 15.8 Å². The average Bonchev–Trinajstić information content (AvgIpc) is 3.36. The third-order valence-electron chi connectivity index (χ3n) is 7.92. The molecule has 6 rings (SSSR count). The number of nitrogen functional groups attached to an aromatic ring is 1. The van der Waals surface area contributed by atoms with Crippen LogP contribution in [0.1, 0.15) is 50.3 Å². The Hall–Kier alpha value is -3.87. The molecule has 43 heavy (non-hydrogen) atoms. The van der Waals surface area contributed by atoms with Gasteiger partial charge in [-0.05, 0) is 56.9 Å². The minimum absolute atomic E-state index is 0.00988. The summed E-state index contributed by atoms with van der Waals surface area (Å²) in [4.78, 5) is 4.50. The van der Waals surface area contributed by atoms with Crippen LogP contribution < -0.4 is 15.8 Å². The zero-order chi connectivity index (χ0) is 30.3. The number of benzene rings is 2. The van der Waals surface area contributed by atoms with Crippen molar-refractivity contribution in [1.29, 1.82) is 0 Å². The molecule has 0 unspecified atom stereocenters. The summed E-state index contributed by atoms with van der Waals surface area (Å²) in [7, 11) is -4.08. The fourth-order valence-corrected chi connectivity index (χ4v) is 6.89. The number of fused-ring (bicyclic) bond motifs is 1. The second-order valence-corrected chi connectivity index (χ2v) is 13.1. The molecule has 4 N–H and O–H groups in total. The second-order valence-electron chi connectivity index (χ2n) is 11.4. The molecule has 1 atom stereocenters. The van der Waals surface area contributed by atoms with Crippen LogP contribution in [0.4, 0.5) is 20.3 Å². The normalized spacial score (nSPS) is 17.7.